The van der Waals surface area contributed by atoms with Crippen LogP contribution in [0.25, 0.3) is 0 Å². The van der Waals surface area contributed by atoms with Crippen LogP contribution in [0.15, 0.2) is 22.8 Å². The molecule has 0 aromatic carbocycles. The lowest BCUT2D eigenvalue weighted by Crippen LogP contribution is -2.45. The number of hydrogen-bond acceptors (Lipinski definition) is 3. The van der Waals surface area contributed by atoms with Crippen LogP contribution in [0.2, 0.25) is 0 Å². The van der Waals surface area contributed by atoms with E-state index in [1.165, 1.54) is 0 Å². The summed E-state index contributed by atoms with van der Waals surface area (Å²) in [6.07, 6.45) is 4.40. The van der Waals surface area contributed by atoms with Crippen LogP contribution in [0, 0.1) is 5.92 Å². The summed E-state index contributed by atoms with van der Waals surface area (Å²) < 4.78 is 5.21. The van der Waals surface area contributed by atoms with Gasteiger partial charge in [0.25, 0.3) is 0 Å². The smallest absolute Gasteiger partial charge is 0.315 e. The van der Waals surface area contributed by atoms with E-state index in [4.69, 9.17) is 9.52 Å². The van der Waals surface area contributed by atoms with E-state index in [0.717, 1.165) is 12.8 Å². The molecule has 0 aliphatic heterocycles. The monoisotopic (exact) mass is 280 g/mol. The molecule has 1 saturated carbocycles. The maximum Gasteiger partial charge on any atom is 0.315 e. The largest absolute Gasteiger partial charge is 0.481 e. The zero-order valence-electron chi connectivity index (χ0n) is 11.5. The summed E-state index contributed by atoms with van der Waals surface area (Å²) in [7, 11) is 0. The topological polar surface area (TPSA) is 91.6 Å². The molecule has 0 saturated heterocycles. The summed E-state index contributed by atoms with van der Waals surface area (Å²) in [5.74, 6) is -0.440. The first-order chi connectivity index (χ1) is 9.56. The summed E-state index contributed by atoms with van der Waals surface area (Å²) in [6.45, 7) is 1.83. The second-order valence-electron chi connectivity index (χ2n) is 5.25. The zero-order chi connectivity index (χ0) is 14.5. The van der Waals surface area contributed by atoms with Crippen LogP contribution in [0.4, 0.5) is 4.79 Å². The summed E-state index contributed by atoms with van der Waals surface area (Å²) in [6, 6.07) is 2.98. The van der Waals surface area contributed by atoms with Crippen LogP contribution < -0.4 is 10.6 Å². The molecule has 1 fully saturated rings. The number of aliphatic carboxylic acids is 1. The van der Waals surface area contributed by atoms with Crippen molar-refractivity contribution in [2.45, 2.75) is 44.7 Å². The lowest BCUT2D eigenvalue weighted by Gasteiger charge is -2.27. The lowest BCUT2D eigenvalue weighted by atomic mass is 9.86. The van der Waals surface area contributed by atoms with Crippen molar-refractivity contribution in [3.05, 3.63) is 24.2 Å². The third-order valence-corrected chi connectivity index (χ3v) is 3.68. The molecule has 20 heavy (non-hydrogen) atoms. The van der Waals surface area contributed by atoms with Gasteiger partial charge in [0.2, 0.25) is 0 Å². The fourth-order valence-corrected chi connectivity index (χ4v) is 2.58. The molecule has 2 rings (SSSR count). The minimum absolute atomic E-state index is 0.0753. The van der Waals surface area contributed by atoms with E-state index in [-0.39, 0.29) is 24.0 Å². The van der Waals surface area contributed by atoms with Crippen molar-refractivity contribution in [1.82, 2.24) is 10.6 Å². The van der Waals surface area contributed by atoms with Gasteiger partial charge < -0.3 is 20.2 Å². The highest BCUT2D eigenvalue weighted by molar-refractivity contribution is 5.75. The second kappa shape index (κ2) is 6.45. The lowest BCUT2D eigenvalue weighted by molar-refractivity contribution is -0.143. The molecule has 3 atom stereocenters. The number of carbonyl (C=O) groups excluding carboxylic acids is 1. The standard InChI is InChI=1S/C14H20N2O4/c1-9(12-6-3-7-20-12)15-14(19)16-11-5-2-4-10(8-11)13(17)18/h3,6-7,9-11H,2,4-5,8H2,1H3,(H,17,18)(H2,15,16,19). The average Bonchev–Trinajstić information content (AvgIpc) is 2.92. The van der Waals surface area contributed by atoms with E-state index in [9.17, 15) is 9.59 Å². The van der Waals surface area contributed by atoms with Gasteiger partial charge in [-0.1, -0.05) is 6.42 Å². The maximum atomic E-state index is 11.9. The van der Waals surface area contributed by atoms with Gasteiger partial charge >= 0.3 is 12.0 Å². The molecule has 1 heterocycles. The highest BCUT2D eigenvalue weighted by atomic mass is 16.4. The summed E-state index contributed by atoms with van der Waals surface area (Å²) in [5, 5.41) is 14.6. The molecule has 1 aliphatic rings. The molecule has 0 bridgehead atoms. The Hall–Kier alpha value is -1.98. The van der Waals surface area contributed by atoms with Gasteiger partial charge in [0.05, 0.1) is 18.2 Å². The third kappa shape index (κ3) is 3.76. The highest BCUT2D eigenvalue weighted by Crippen LogP contribution is 2.24. The molecule has 6 nitrogen and oxygen atoms in total. The molecule has 6 heteroatoms. The number of carboxylic acid groups (broad SMARTS) is 1. The number of nitrogens with one attached hydrogen (secondary N) is 2. The van der Waals surface area contributed by atoms with Crippen LogP contribution in [0.1, 0.15) is 44.4 Å². The number of carbonyl (C=O) groups is 2. The molecule has 0 radical (unpaired) electrons. The Morgan fingerprint density at radius 1 is 1.45 bits per heavy atom. The van der Waals surface area contributed by atoms with Gasteiger partial charge in [0.15, 0.2) is 0 Å². The Labute approximate surface area is 117 Å². The van der Waals surface area contributed by atoms with Gasteiger partial charge in [0, 0.05) is 6.04 Å². The van der Waals surface area contributed by atoms with Gasteiger partial charge in [-0.25, -0.2) is 4.79 Å². The fourth-order valence-electron chi connectivity index (χ4n) is 2.58. The number of carboxylic acids is 1. The minimum Gasteiger partial charge on any atom is -0.481 e. The first-order valence-corrected chi connectivity index (χ1v) is 6.89. The van der Waals surface area contributed by atoms with Crippen LogP contribution in [0.5, 0.6) is 0 Å². The van der Waals surface area contributed by atoms with E-state index in [0.29, 0.717) is 18.6 Å². The Kier molecular flexibility index (Phi) is 4.65. The fraction of sp³-hybridized carbons (Fsp3) is 0.571. The van der Waals surface area contributed by atoms with Crippen LogP contribution >= 0.6 is 0 Å². The van der Waals surface area contributed by atoms with Crippen molar-refractivity contribution in [3.8, 4) is 0 Å². The van der Waals surface area contributed by atoms with Crippen molar-refractivity contribution in [2.24, 2.45) is 5.92 Å². The Balaban J connectivity index is 1.80. The SMILES string of the molecule is CC(NC(=O)NC1CCCC(C(=O)O)C1)c1ccco1. The van der Waals surface area contributed by atoms with E-state index < -0.39 is 5.97 Å². The van der Waals surface area contributed by atoms with E-state index in [1.807, 2.05) is 6.92 Å². The zero-order valence-corrected chi connectivity index (χ0v) is 11.5. The first kappa shape index (κ1) is 14.4. The molecule has 110 valence electrons. The van der Waals surface area contributed by atoms with Crippen molar-refractivity contribution < 1.29 is 19.1 Å². The van der Waals surface area contributed by atoms with Gasteiger partial charge in [-0.05, 0) is 38.3 Å². The third-order valence-electron chi connectivity index (χ3n) is 3.68. The molecule has 1 aromatic heterocycles. The second-order valence-corrected chi connectivity index (χ2v) is 5.25. The number of rotatable bonds is 4. The molecule has 2 amide bonds. The van der Waals surface area contributed by atoms with E-state index >= 15 is 0 Å². The van der Waals surface area contributed by atoms with Crippen LogP contribution in [-0.2, 0) is 4.79 Å². The molecule has 1 aliphatic carbocycles. The predicted octanol–water partition coefficient (Wildman–Crippen LogP) is 2.28. The Bertz CT molecular complexity index is 458. The van der Waals surface area contributed by atoms with Gasteiger partial charge in [-0.15, -0.1) is 0 Å². The van der Waals surface area contributed by atoms with Crippen molar-refractivity contribution in [3.63, 3.8) is 0 Å². The maximum absolute atomic E-state index is 11.9. The summed E-state index contributed by atoms with van der Waals surface area (Å²) >= 11 is 0. The van der Waals surface area contributed by atoms with Gasteiger partial charge in [-0.2, -0.15) is 0 Å². The average molecular weight is 280 g/mol. The number of hydrogen-bond donors (Lipinski definition) is 3. The molecule has 0 spiro atoms. The number of urea groups is 1. The minimum atomic E-state index is -0.777. The molecular formula is C14H20N2O4. The number of amides is 2. The first-order valence-electron chi connectivity index (χ1n) is 6.89. The van der Waals surface area contributed by atoms with E-state index in [2.05, 4.69) is 10.6 Å². The van der Waals surface area contributed by atoms with Gasteiger partial charge in [-0.3, -0.25) is 4.79 Å². The van der Waals surface area contributed by atoms with Crippen LogP contribution in [0.3, 0.4) is 0 Å². The predicted molar refractivity (Wildman–Crippen MR) is 72.2 cm³/mol. The van der Waals surface area contributed by atoms with Crippen LogP contribution in [-0.4, -0.2) is 23.1 Å². The number of furan rings is 1. The Morgan fingerprint density at radius 2 is 2.25 bits per heavy atom. The molecular weight excluding hydrogens is 260 g/mol. The summed E-state index contributed by atoms with van der Waals surface area (Å²) in [5.41, 5.74) is 0. The molecule has 3 N–H and O–H groups in total. The van der Waals surface area contributed by atoms with E-state index in [1.54, 1.807) is 18.4 Å². The highest BCUT2D eigenvalue weighted by Gasteiger charge is 2.28. The quantitative estimate of drug-likeness (QED) is 0.789. The molecule has 1 aromatic rings. The van der Waals surface area contributed by atoms with Crippen molar-refractivity contribution in [1.29, 1.82) is 0 Å². The van der Waals surface area contributed by atoms with Crippen molar-refractivity contribution >= 4 is 12.0 Å². The summed E-state index contributed by atoms with van der Waals surface area (Å²) in [4.78, 5) is 22.9. The van der Waals surface area contributed by atoms with Crippen molar-refractivity contribution in [2.75, 3.05) is 0 Å². The molecule has 3 unspecified atom stereocenters. The Morgan fingerprint density at radius 3 is 2.90 bits per heavy atom. The van der Waals surface area contributed by atoms with Gasteiger partial charge in [0.1, 0.15) is 5.76 Å². The normalized spacial score (nSPS) is 23.9.